The van der Waals surface area contributed by atoms with Crippen LogP contribution in [0.1, 0.15) is 22.7 Å². The summed E-state index contributed by atoms with van der Waals surface area (Å²) in [7, 11) is 0. The van der Waals surface area contributed by atoms with Crippen LogP contribution < -0.4 is 11.2 Å². The van der Waals surface area contributed by atoms with Crippen molar-refractivity contribution in [2.24, 2.45) is 5.41 Å². The summed E-state index contributed by atoms with van der Waals surface area (Å²) in [6.07, 6.45) is 0.0798. The molecule has 1 aromatic heterocycles. The van der Waals surface area contributed by atoms with Gasteiger partial charge in [0.25, 0.3) is 5.56 Å². The van der Waals surface area contributed by atoms with Crippen molar-refractivity contribution in [3.8, 4) is 0 Å². The molecule has 1 N–H and O–H groups in total. The van der Waals surface area contributed by atoms with Crippen molar-refractivity contribution in [2.75, 3.05) is 13.2 Å². The van der Waals surface area contributed by atoms with Gasteiger partial charge in [0.15, 0.2) is 0 Å². The molecular weight excluding hydrogens is 399 g/mol. The molecule has 2 unspecified atom stereocenters. The fourth-order valence-electron chi connectivity index (χ4n) is 3.87. The quantitative estimate of drug-likeness (QED) is 0.573. The molecule has 2 aromatic carbocycles. The lowest BCUT2D eigenvalue weighted by atomic mass is 10.1. The SMILES string of the molecule is Cc1cn(C2C(F)C2(COCc2ccccc2)COCc2ccccc2)c(=O)[nH]c1=O. The van der Waals surface area contributed by atoms with Crippen LogP contribution in [-0.4, -0.2) is 28.9 Å². The van der Waals surface area contributed by atoms with Crippen molar-refractivity contribution < 1.29 is 13.9 Å². The fourth-order valence-corrected chi connectivity index (χ4v) is 3.87. The predicted molar refractivity (Wildman–Crippen MR) is 115 cm³/mol. The van der Waals surface area contributed by atoms with Gasteiger partial charge in [0, 0.05) is 11.8 Å². The maximum absolute atomic E-state index is 15.2. The van der Waals surface area contributed by atoms with Gasteiger partial charge in [0.2, 0.25) is 0 Å². The molecular formula is C24H25FN2O4. The molecule has 0 saturated heterocycles. The lowest BCUT2D eigenvalue weighted by molar-refractivity contribution is 0.00117. The van der Waals surface area contributed by atoms with Crippen LogP contribution in [0.25, 0.3) is 0 Å². The van der Waals surface area contributed by atoms with Gasteiger partial charge in [0.1, 0.15) is 6.17 Å². The molecule has 3 aromatic rings. The molecule has 0 radical (unpaired) electrons. The third kappa shape index (κ3) is 4.52. The van der Waals surface area contributed by atoms with Crippen molar-refractivity contribution in [2.45, 2.75) is 32.4 Å². The number of ether oxygens (including phenoxy) is 2. The number of rotatable bonds is 9. The van der Waals surface area contributed by atoms with Crippen molar-refractivity contribution in [1.29, 1.82) is 0 Å². The largest absolute Gasteiger partial charge is 0.376 e. The Morgan fingerprint density at radius 1 is 0.935 bits per heavy atom. The standard InChI is InChI=1S/C24H25FN2O4/c1-17-12-27(23(29)26-22(17)28)21-20(25)24(21,15-30-13-18-8-4-2-5-9-18)16-31-14-19-10-6-3-7-11-19/h2-12,20-21H,13-16H2,1H3,(H,26,28,29). The van der Waals surface area contributed by atoms with Crippen molar-refractivity contribution in [3.05, 3.63) is 104 Å². The molecule has 1 saturated carbocycles. The van der Waals surface area contributed by atoms with Crippen LogP contribution in [0.3, 0.4) is 0 Å². The molecule has 6 nitrogen and oxygen atoms in total. The van der Waals surface area contributed by atoms with E-state index < -0.39 is 28.9 Å². The summed E-state index contributed by atoms with van der Waals surface area (Å²) in [6, 6.07) is 18.5. The van der Waals surface area contributed by atoms with Gasteiger partial charge in [-0.3, -0.25) is 14.3 Å². The van der Waals surface area contributed by atoms with E-state index in [4.69, 9.17) is 9.47 Å². The first kappa shape index (κ1) is 21.2. The molecule has 2 atom stereocenters. The van der Waals surface area contributed by atoms with Crippen molar-refractivity contribution in [1.82, 2.24) is 9.55 Å². The summed E-state index contributed by atoms with van der Waals surface area (Å²) in [5, 5.41) is 0. The Bertz CT molecular complexity index is 1080. The number of hydrogen-bond donors (Lipinski definition) is 1. The van der Waals surface area contributed by atoms with Crippen molar-refractivity contribution >= 4 is 0 Å². The minimum Gasteiger partial charge on any atom is -0.376 e. The van der Waals surface area contributed by atoms with E-state index in [1.54, 1.807) is 6.92 Å². The first-order valence-electron chi connectivity index (χ1n) is 10.2. The van der Waals surface area contributed by atoms with Crippen LogP contribution in [0.5, 0.6) is 0 Å². The maximum atomic E-state index is 15.2. The molecule has 1 fully saturated rings. The van der Waals surface area contributed by atoms with Crippen LogP contribution in [0.4, 0.5) is 4.39 Å². The lowest BCUT2D eigenvalue weighted by Gasteiger charge is -2.18. The third-order valence-corrected chi connectivity index (χ3v) is 5.72. The predicted octanol–water partition coefficient (Wildman–Crippen LogP) is 3.16. The highest BCUT2D eigenvalue weighted by atomic mass is 19.1. The number of halogens is 1. The highest BCUT2D eigenvalue weighted by molar-refractivity contribution is 5.19. The molecule has 1 heterocycles. The van der Waals surface area contributed by atoms with E-state index in [0.717, 1.165) is 11.1 Å². The van der Waals surface area contributed by atoms with Gasteiger partial charge in [-0.15, -0.1) is 0 Å². The minimum absolute atomic E-state index is 0.0904. The van der Waals surface area contributed by atoms with E-state index in [-0.39, 0.29) is 13.2 Å². The number of nitrogens with one attached hydrogen (secondary N) is 1. The van der Waals surface area contributed by atoms with Crippen LogP contribution in [0.15, 0.2) is 76.4 Å². The van der Waals surface area contributed by atoms with Crippen LogP contribution in [0.2, 0.25) is 0 Å². The van der Waals surface area contributed by atoms with Gasteiger partial charge in [-0.1, -0.05) is 60.7 Å². The second kappa shape index (κ2) is 8.99. The summed E-state index contributed by atoms with van der Waals surface area (Å²) < 4.78 is 28.2. The van der Waals surface area contributed by atoms with Gasteiger partial charge in [0.05, 0.1) is 37.9 Å². The summed E-state index contributed by atoms with van der Waals surface area (Å²) in [6.45, 7) is 2.44. The van der Waals surface area contributed by atoms with E-state index >= 15 is 4.39 Å². The zero-order chi connectivity index (χ0) is 21.8. The van der Waals surface area contributed by atoms with Crippen LogP contribution in [-0.2, 0) is 22.7 Å². The van der Waals surface area contributed by atoms with Gasteiger partial charge < -0.3 is 9.47 Å². The molecule has 1 aliphatic rings. The second-order valence-corrected chi connectivity index (χ2v) is 8.02. The zero-order valence-electron chi connectivity index (χ0n) is 17.3. The van der Waals surface area contributed by atoms with E-state index in [1.165, 1.54) is 10.8 Å². The highest BCUT2D eigenvalue weighted by Gasteiger charge is 2.68. The summed E-state index contributed by atoms with van der Waals surface area (Å²) in [4.78, 5) is 26.3. The van der Waals surface area contributed by atoms with Gasteiger partial charge in [-0.25, -0.2) is 9.18 Å². The maximum Gasteiger partial charge on any atom is 0.328 e. The molecule has 7 heteroatoms. The number of aromatic nitrogens is 2. The number of aryl methyl sites for hydroxylation is 1. The Hall–Kier alpha value is -3.03. The van der Waals surface area contributed by atoms with E-state index in [0.29, 0.717) is 18.8 Å². The smallest absolute Gasteiger partial charge is 0.328 e. The zero-order valence-corrected chi connectivity index (χ0v) is 17.3. The topological polar surface area (TPSA) is 73.3 Å². The Balaban J connectivity index is 1.51. The highest BCUT2D eigenvalue weighted by Crippen LogP contribution is 2.58. The number of alkyl halides is 1. The average Bonchev–Trinajstić information content (AvgIpc) is 3.34. The number of aromatic amines is 1. The fraction of sp³-hybridized carbons (Fsp3) is 0.333. The molecule has 0 amide bonds. The Kier molecular flexibility index (Phi) is 6.15. The van der Waals surface area contributed by atoms with Crippen molar-refractivity contribution in [3.63, 3.8) is 0 Å². The van der Waals surface area contributed by atoms with Gasteiger partial charge in [-0.05, 0) is 18.1 Å². The van der Waals surface area contributed by atoms with E-state index in [2.05, 4.69) is 4.98 Å². The molecule has 0 aliphatic heterocycles. The molecule has 0 bridgehead atoms. The Morgan fingerprint density at radius 2 is 1.45 bits per heavy atom. The Morgan fingerprint density at radius 3 is 1.97 bits per heavy atom. The molecule has 4 rings (SSSR count). The number of hydrogen-bond acceptors (Lipinski definition) is 4. The number of benzene rings is 2. The second-order valence-electron chi connectivity index (χ2n) is 8.02. The first-order chi connectivity index (χ1) is 15.0. The normalized spacial score (nSPS) is 19.3. The summed E-state index contributed by atoms with van der Waals surface area (Å²) in [5.41, 5.74) is 0.209. The average molecular weight is 424 g/mol. The lowest BCUT2D eigenvalue weighted by Crippen LogP contribution is -2.33. The van der Waals surface area contributed by atoms with Crippen LogP contribution in [0, 0.1) is 12.3 Å². The summed E-state index contributed by atoms with van der Waals surface area (Å²) >= 11 is 0. The molecule has 31 heavy (non-hydrogen) atoms. The van der Waals surface area contributed by atoms with Crippen LogP contribution >= 0.6 is 0 Å². The van der Waals surface area contributed by atoms with E-state index in [9.17, 15) is 9.59 Å². The molecule has 1 aliphatic carbocycles. The number of nitrogens with zero attached hydrogens (tertiary/aromatic N) is 1. The molecule has 0 spiro atoms. The monoisotopic (exact) mass is 424 g/mol. The third-order valence-electron chi connectivity index (χ3n) is 5.72. The molecule has 162 valence electrons. The first-order valence-corrected chi connectivity index (χ1v) is 10.2. The minimum atomic E-state index is -1.33. The number of H-pyrrole nitrogens is 1. The summed E-state index contributed by atoms with van der Waals surface area (Å²) in [5.74, 6) is 0. The van der Waals surface area contributed by atoms with Gasteiger partial charge in [-0.2, -0.15) is 0 Å². The Labute approximate surface area is 179 Å². The van der Waals surface area contributed by atoms with E-state index in [1.807, 2.05) is 60.7 Å². The van der Waals surface area contributed by atoms with Gasteiger partial charge >= 0.3 is 5.69 Å².